The molecule has 0 amide bonds. The first-order chi connectivity index (χ1) is 23.8. The van der Waals surface area contributed by atoms with Crippen LogP contribution in [-0.2, 0) is 6.54 Å². The van der Waals surface area contributed by atoms with Crippen molar-refractivity contribution in [2.45, 2.75) is 12.6 Å². The topological polar surface area (TPSA) is 33.9 Å². The lowest BCUT2D eigenvalue weighted by Crippen LogP contribution is -2.22. The molecule has 4 heteroatoms. The fraction of sp³-hybridized carbons (Fsp3) is 0.0455. The average molecular weight is 617 g/mol. The molecule has 0 aliphatic carbocycles. The smallest absolute Gasteiger partial charge is 0.0721 e. The summed E-state index contributed by atoms with van der Waals surface area (Å²) in [7, 11) is 0. The van der Waals surface area contributed by atoms with Gasteiger partial charge in [-0.05, 0) is 65.4 Å². The quantitative estimate of drug-likeness (QED) is 0.206. The number of nitrogens with zero attached hydrogens (tertiary/aromatic N) is 2. The minimum Gasteiger partial charge on any atom is -0.387 e. The lowest BCUT2D eigenvalue weighted by atomic mass is 9.99. The van der Waals surface area contributed by atoms with Gasteiger partial charge in [-0.25, -0.2) is 0 Å². The Labute approximate surface area is 278 Å². The zero-order valence-corrected chi connectivity index (χ0v) is 26.3. The Kier molecular flexibility index (Phi) is 5.97. The molecule has 6 aromatic carbocycles. The van der Waals surface area contributed by atoms with Crippen LogP contribution in [0, 0.1) is 0 Å². The Morgan fingerprint density at radius 3 is 2.15 bits per heavy atom. The first-order valence-electron chi connectivity index (χ1n) is 16.6. The van der Waals surface area contributed by atoms with Crippen LogP contribution < -0.4 is 10.6 Å². The van der Waals surface area contributed by atoms with Crippen molar-refractivity contribution < 1.29 is 0 Å². The molecule has 0 fully saturated rings. The molecule has 0 bridgehead atoms. The maximum Gasteiger partial charge on any atom is 0.0721 e. The minimum absolute atomic E-state index is 0.00871. The number of fused-ring (bicyclic) bond motifs is 8. The maximum atomic E-state index is 3.85. The molecule has 1 unspecified atom stereocenters. The molecular weight excluding hydrogens is 585 g/mol. The van der Waals surface area contributed by atoms with Crippen LogP contribution in [0.2, 0.25) is 0 Å². The number of aromatic nitrogens is 2. The van der Waals surface area contributed by atoms with E-state index in [2.05, 4.69) is 184 Å². The predicted octanol–water partition coefficient (Wildman–Crippen LogP) is 10.2. The van der Waals surface area contributed by atoms with Crippen LogP contribution in [-0.4, -0.2) is 9.13 Å². The fourth-order valence-electron chi connectivity index (χ4n) is 7.87. The molecule has 0 saturated carbocycles. The van der Waals surface area contributed by atoms with Crippen molar-refractivity contribution in [3.05, 3.63) is 180 Å². The Bertz CT molecular complexity index is 2630. The summed E-state index contributed by atoms with van der Waals surface area (Å²) < 4.78 is 4.98. The molecule has 228 valence electrons. The van der Waals surface area contributed by atoms with Crippen molar-refractivity contribution in [2.75, 3.05) is 0 Å². The van der Waals surface area contributed by atoms with Gasteiger partial charge in [0.25, 0.3) is 0 Å². The lowest BCUT2D eigenvalue weighted by Gasteiger charge is -2.26. The van der Waals surface area contributed by atoms with Crippen LogP contribution in [0.5, 0.6) is 0 Å². The summed E-state index contributed by atoms with van der Waals surface area (Å²) in [5.74, 6) is 0. The van der Waals surface area contributed by atoms with Crippen molar-refractivity contribution in [1.82, 2.24) is 19.8 Å². The molecule has 4 nitrogen and oxygen atoms in total. The molecule has 0 spiro atoms. The zero-order chi connectivity index (χ0) is 31.6. The summed E-state index contributed by atoms with van der Waals surface area (Å²) >= 11 is 0. The highest BCUT2D eigenvalue weighted by Crippen LogP contribution is 2.44. The fourth-order valence-corrected chi connectivity index (χ4v) is 7.87. The van der Waals surface area contributed by atoms with Crippen molar-refractivity contribution in [1.29, 1.82) is 0 Å². The number of dihydropyridines is 1. The second-order valence-corrected chi connectivity index (χ2v) is 12.7. The van der Waals surface area contributed by atoms with Gasteiger partial charge in [0, 0.05) is 45.0 Å². The van der Waals surface area contributed by atoms with E-state index >= 15 is 0 Å². The highest BCUT2D eigenvalue weighted by atomic mass is 15.0. The third-order valence-corrected chi connectivity index (χ3v) is 9.99. The van der Waals surface area contributed by atoms with E-state index in [1.807, 2.05) is 0 Å². The molecule has 0 radical (unpaired) electrons. The second-order valence-electron chi connectivity index (χ2n) is 12.7. The highest BCUT2D eigenvalue weighted by molar-refractivity contribution is 6.26. The van der Waals surface area contributed by atoms with E-state index in [1.165, 1.54) is 71.6 Å². The lowest BCUT2D eigenvalue weighted by molar-refractivity contribution is 0.762. The minimum atomic E-state index is 0.00871. The van der Waals surface area contributed by atoms with Gasteiger partial charge in [0.1, 0.15) is 0 Å². The van der Waals surface area contributed by atoms with E-state index in [0.717, 1.165) is 17.9 Å². The molecule has 2 aromatic heterocycles. The van der Waals surface area contributed by atoms with Gasteiger partial charge in [-0.15, -0.1) is 0 Å². The van der Waals surface area contributed by atoms with Gasteiger partial charge < -0.3 is 19.8 Å². The number of hydrogen-bond acceptors (Lipinski definition) is 2. The van der Waals surface area contributed by atoms with Crippen LogP contribution in [0.3, 0.4) is 0 Å². The van der Waals surface area contributed by atoms with E-state index < -0.39 is 0 Å². The van der Waals surface area contributed by atoms with E-state index in [-0.39, 0.29) is 6.04 Å². The van der Waals surface area contributed by atoms with E-state index in [9.17, 15) is 0 Å². The summed E-state index contributed by atoms with van der Waals surface area (Å²) in [6.45, 7) is 0.830. The molecule has 1 atom stereocenters. The van der Waals surface area contributed by atoms with Crippen molar-refractivity contribution in [3.63, 3.8) is 0 Å². The standard InChI is InChI=1S/C44H32N4/c1-3-12-29(13-4-1)37-26-32(27-38(46-37)30-14-5-2-6-15-30)47-40-19-9-7-17-34(40)35-22-23-42-43(44(35)47)36-18-8-10-20-41(36)48(42)39-21-11-16-31-28-45-25-24-33(31)39/h1-27,37,45-46H,28H2. The molecule has 8 aromatic rings. The predicted molar refractivity (Wildman–Crippen MR) is 201 cm³/mol. The third-order valence-electron chi connectivity index (χ3n) is 9.99. The normalized spacial score (nSPS) is 15.7. The van der Waals surface area contributed by atoms with Crippen molar-refractivity contribution in [3.8, 4) is 5.69 Å². The van der Waals surface area contributed by atoms with Gasteiger partial charge in [0.15, 0.2) is 0 Å². The second kappa shape index (κ2) is 10.6. The molecule has 10 rings (SSSR count). The first kappa shape index (κ1) is 26.9. The molecule has 2 aliphatic heterocycles. The molecular formula is C44H32N4. The van der Waals surface area contributed by atoms with Gasteiger partial charge in [-0.1, -0.05) is 115 Å². The van der Waals surface area contributed by atoms with E-state index in [1.54, 1.807) is 0 Å². The number of hydrogen-bond donors (Lipinski definition) is 2. The Morgan fingerprint density at radius 1 is 0.583 bits per heavy atom. The van der Waals surface area contributed by atoms with E-state index in [4.69, 9.17) is 0 Å². The van der Waals surface area contributed by atoms with E-state index in [0.29, 0.717) is 0 Å². The first-order valence-corrected chi connectivity index (χ1v) is 16.6. The Morgan fingerprint density at radius 2 is 1.31 bits per heavy atom. The van der Waals surface area contributed by atoms with Gasteiger partial charge in [0.2, 0.25) is 0 Å². The maximum absolute atomic E-state index is 3.85. The molecule has 48 heavy (non-hydrogen) atoms. The summed E-state index contributed by atoms with van der Waals surface area (Å²) in [6.07, 6.45) is 8.99. The Hall–Kier alpha value is -6.26. The van der Waals surface area contributed by atoms with Gasteiger partial charge in [-0.3, -0.25) is 0 Å². The zero-order valence-electron chi connectivity index (χ0n) is 26.3. The number of rotatable bonds is 4. The van der Waals surface area contributed by atoms with Crippen LogP contribution in [0.1, 0.15) is 28.3 Å². The number of benzene rings is 6. The summed E-state index contributed by atoms with van der Waals surface area (Å²) in [4.78, 5) is 0. The SMILES string of the molecule is C1=Cc2c(cccc2-n2c3ccccc3c3c4c(ccc32)c2ccccc2n4C2=CC(c3ccccc3)NC(c3ccccc3)=C2)CN1. The summed E-state index contributed by atoms with van der Waals surface area (Å²) in [6, 6.07) is 50.5. The molecule has 2 N–H and O–H groups in total. The average Bonchev–Trinajstić information content (AvgIpc) is 3.68. The van der Waals surface area contributed by atoms with Crippen LogP contribution >= 0.6 is 0 Å². The van der Waals surface area contributed by atoms with Gasteiger partial charge in [-0.2, -0.15) is 0 Å². The number of para-hydroxylation sites is 2. The summed E-state index contributed by atoms with van der Waals surface area (Å²) in [5, 5.41) is 12.3. The van der Waals surface area contributed by atoms with Crippen molar-refractivity contribution in [2.24, 2.45) is 0 Å². The molecule has 4 heterocycles. The van der Waals surface area contributed by atoms with Crippen LogP contribution in [0.4, 0.5) is 0 Å². The third kappa shape index (κ3) is 4.02. The molecule has 2 aliphatic rings. The van der Waals surface area contributed by atoms with Crippen molar-refractivity contribution >= 4 is 61.1 Å². The molecule has 0 saturated heterocycles. The van der Waals surface area contributed by atoms with Crippen LogP contribution in [0.25, 0.3) is 66.8 Å². The monoisotopic (exact) mass is 616 g/mol. The highest BCUT2D eigenvalue weighted by Gasteiger charge is 2.25. The van der Waals surface area contributed by atoms with Gasteiger partial charge >= 0.3 is 0 Å². The van der Waals surface area contributed by atoms with Crippen LogP contribution in [0.15, 0.2) is 158 Å². The number of nitrogens with one attached hydrogen (secondary N) is 2. The van der Waals surface area contributed by atoms with Gasteiger partial charge in [0.05, 0.1) is 33.8 Å². The number of allylic oxidation sites excluding steroid dienone is 2. The Balaban J connectivity index is 1.33. The largest absolute Gasteiger partial charge is 0.387 e. The summed E-state index contributed by atoms with van der Waals surface area (Å²) in [5.41, 5.74) is 13.3.